The minimum atomic E-state index is -0.634. The SMILES string of the molecule is CCCNCCNC(=O)CNC(=O)C1c2ccccc2C(=O)N1C1CC1.Cl. The van der Waals surface area contributed by atoms with E-state index in [2.05, 4.69) is 22.9 Å². The molecule has 3 rings (SSSR count). The maximum Gasteiger partial charge on any atom is 0.255 e. The molecule has 1 saturated carbocycles. The van der Waals surface area contributed by atoms with Crippen LogP contribution in [0.4, 0.5) is 0 Å². The number of benzene rings is 1. The highest BCUT2D eigenvalue weighted by Gasteiger charge is 2.47. The Morgan fingerprint density at radius 1 is 1.11 bits per heavy atom. The van der Waals surface area contributed by atoms with Gasteiger partial charge in [-0.25, -0.2) is 0 Å². The molecule has 0 bridgehead atoms. The molecule has 1 aromatic rings. The third-order valence-electron chi connectivity index (χ3n) is 4.66. The second-order valence-electron chi connectivity index (χ2n) is 6.75. The average molecular weight is 395 g/mol. The van der Waals surface area contributed by atoms with Crippen molar-refractivity contribution in [2.45, 2.75) is 38.3 Å². The molecule has 1 atom stereocenters. The molecule has 3 N–H and O–H groups in total. The highest BCUT2D eigenvalue weighted by molar-refractivity contribution is 6.05. The van der Waals surface area contributed by atoms with Crippen molar-refractivity contribution in [3.8, 4) is 0 Å². The van der Waals surface area contributed by atoms with Crippen LogP contribution in [0, 0.1) is 0 Å². The molecule has 7 nitrogen and oxygen atoms in total. The summed E-state index contributed by atoms with van der Waals surface area (Å²) >= 11 is 0. The average Bonchev–Trinajstić information content (AvgIpc) is 3.44. The van der Waals surface area contributed by atoms with Gasteiger partial charge in [-0.3, -0.25) is 14.4 Å². The second kappa shape index (κ2) is 9.71. The van der Waals surface area contributed by atoms with E-state index in [1.807, 2.05) is 18.2 Å². The zero-order valence-corrected chi connectivity index (χ0v) is 16.3. The van der Waals surface area contributed by atoms with Gasteiger partial charge in [0, 0.05) is 24.7 Å². The molecule has 1 aliphatic carbocycles. The molecular weight excluding hydrogens is 368 g/mol. The first-order valence-corrected chi connectivity index (χ1v) is 9.30. The van der Waals surface area contributed by atoms with Crippen molar-refractivity contribution in [2.24, 2.45) is 0 Å². The number of carbonyl (C=O) groups is 3. The number of amides is 3. The summed E-state index contributed by atoms with van der Waals surface area (Å²) in [5.41, 5.74) is 1.32. The van der Waals surface area contributed by atoms with Gasteiger partial charge in [0.1, 0.15) is 6.04 Å². The van der Waals surface area contributed by atoms with Crippen molar-refractivity contribution >= 4 is 30.1 Å². The third kappa shape index (κ3) is 4.99. The monoisotopic (exact) mass is 394 g/mol. The third-order valence-corrected chi connectivity index (χ3v) is 4.66. The van der Waals surface area contributed by atoms with Gasteiger partial charge in [0.05, 0.1) is 6.54 Å². The van der Waals surface area contributed by atoms with Gasteiger partial charge in [0.25, 0.3) is 5.91 Å². The van der Waals surface area contributed by atoms with Gasteiger partial charge in [-0.1, -0.05) is 25.1 Å². The van der Waals surface area contributed by atoms with Crippen molar-refractivity contribution in [3.63, 3.8) is 0 Å². The van der Waals surface area contributed by atoms with Gasteiger partial charge >= 0.3 is 0 Å². The van der Waals surface area contributed by atoms with Crippen molar-refractivity contribution in [3.05, 3.63) is 35.4 Å². The lowest BCUT2D eigenvalue weighted by Crippen LogP contribution is -2.44. The first kappa shape index (κ1) is 21.2. The molecule has 1 fully saturated rings. The zero-order valence-electron chi connectivity index (χ0n) is 15.5. The van der Waals surface area contributed by atoms with E-state index in [-0.39, 0.29) is 42.7 Å². The van der Waals surface area contributed by atoms with Gasteiger partial charge in [-0.2, -0.15) is 0 Å². The van der Waals surface area contributed by atoms with E-state index in [0.717, 1.165) is 31.4 Å². The molecule has 1 unspecified atom stereocenters. The van der Waals surface area contributed by atoms with Crippen LogP contribution < -0.4 is 16.0 Å². The number of fused-ring (bicyclic) bond motifs is 1. The molecule has 1 aliphatic heterocycles. The summed E-state index contributed by atoms with van der Waals surface area (Å²) in [5.74, 6) is -0.614. The Morgan fingerprint density at radius 3 is 2.56 bits per heavy atom. The molecule has 2 aliphatic rings. The summed E-state index contributed by atoms with van der Waals surface area (Å²) in [4.78, 5) is 38.9. The van der Waals surface area contributed by atoms with Crippen LogP contribution in [0.2, 0.25) is 0 Å². The summed E-state index contributed by atoms with van der Waals surface area (Å²) in [5, 5.41) is 8.65. The van der Waals surface area contributed by atoms with Crippen LogP contribution in [0.15, 0.2) is 24.3 Å². The van der Waals surface area contributed by atoms with Gasteiger partial charge < -0.3 is 20.9 Å². The molecule has 0 radical (unpaired) electrons. The molecule has 27 heavy (non-hydrogen) atoms. The van der Waals surface area contributed by atoms with Gasteiger partial charge in [0.15, 0.2) is 0 Å². The number of halogens is 1. The Balaban J connectivity index is 0.00000261. The highest BCUT2D eigenvalue weighted by Crippen LogP contribution is 2.41. The lowest BCUT2D eigenvalue weighted by molar-refractivity contribution is -0.129. The predicted molar refractivity (Wildman–Crippen MR) is 105 cm³/mol. The first-order chi connectivity index (χ1) is 12.6. The number of nitrogens with zero attached hydrogens (tertiary/aromatic N) is 1. The maximum absolute atomic E-state index is 12.7. The van der Waals surface area contributed by atoms with Crippen LogP contribution in [0.1, 0.15) is 48.1 Å². The molecule has 0 spiro atoms. The summed E-state index contributed by atoms with van der Waals surface area (Å²) in [6, 6.07) is 6.71. The Morgan fingerprint density at radius 2 is 1.85 bits per heavy atom. The van der Waals surface area contributed by atoms with E-state index in [9.17, 15) is 14.4 Å². The minimum absolute atomic E-state index is 0. The zero-order chi connectivity index (χ0) is 18.5. The number of hydrogen-bond donors (Lipinski definition) is 3. The number of hydrogen-bond acceptors (Lipinski definition) is 4. The summed E-state index contributed by atoms with van der Waals surface area (Å²) < 4.78 is 0. The normalized spacial score (nSPS) is 17.9. The molecule has 3 amide bonds. The maximum atomic E-state index is 12.7. The second-order valence-corrected chi connectivity index (χ2v) is 6.75. The molecule has 8 heteroatoms. The Kier molecular flexibility index (Phi) is 7.62. The van der Waals surface area contributed by atoms with E-state index in [1.165, 1.54) is 0 Å². The van der Waals surface area contributed by atoms with Crippen LogP contribution in [0.25, 0.3) is 0 Å². The molecular formula is C19H27ClN4O3. The van der Waals surface area contributed by atoms with E-state index >= 15 is 0 Å². The Bertz CT molecular complexity index is 693. The largest absolute Gasteiger partial charge is 0.353 e. The van der Waals surface area contributed by atoms with Gasteiger partial charge in [-0.05, 0) is 37.4 Å². The lowest BCUT2D eigenvalue weighted by atomic mass is 10.0. The van der Waals surface area contributed by atoms with Crippen LogP contribution in [-0.4, -0.2) is 54.8 Å². The Labute approximate surface area is 165 Å². The molecule has 0 saturated heterocycles. The van der Waals surface area contributed by atoms with Gasteiger partial charge in [0.2, 0.25) is 11.8 Å². The summed E-state index contributed by atoms with van der Waals surface area (Å²) in [6.45, 7) is 4.13. The number of rotatable bonds is 9. The Hall–Kier alpha value is -2.12. The van der Waals surface area contributed by atoms with Crippen LogP contribution >= 0.6 is 12.4 Å². The first-order valence-electron chi connectivity index (χ1n) is 9.30. The van der Waals surface area contributed by atoms with Crippen molar-refractivity contribution in [1.29, 1.82) is 0 Å². The fraction of sp³-hybridized carbons (Fsp3) is 0.526. The molecule has 0 aromatic heterocycles. The van der Waals surface area contributed by atoms with E-state index in [0.29, 0.717) is 18.7 Å². The quantitative estimate of drug-likeness (QED) is 0.545. The lowest BCUT2D eigenvalue weighted by Gasteiger charge is -2.24. The fourth-order valence-corrected chi connectivity index (χ4v) is 3.25. The van der Waals surface area contributed by atoms with E-state index in [4.69, 9.17) is 0 Å². The fourth-order valence-electron chi connectivity index (χ4n) is 3.25. The van der Waals surface area contributed by atoms with Crippen molar-refractivity contribution in [1.82, 2.24) is 20.9 Å². The summed E-state index contributed by atoms with van der Waals surface area (Å²) in [6.07, 6.45) is 2.90. The molecule has 1 heterocycles. The van der Waals surface area contributed by atoms with Crippen LogP contribution in [-0.2, 0) is 9.59 Å². The number of nitrogens with one attached hydrogen (secondary N) is 3. The minimum Gasteiger partial charge on any atom is -0.353 e. The molecule has 148 valence electrons. The van der Waals surface area contributed by atoms with E-state index < -0.39 is 6.04 Å². The topological polar surface area (TPSA) is 90.5 Å². The smallest absolute Gasteiger partial charge is 0.255 e. The number of carbonyl (C=O) groups excluding carboxylic acids is 3. The van der Waals surface area contributed by atoms with Crippen molar-refractivity contribution < 1.29 is 14.4 Å². The standard InChI is InChI=1S/C19H26N4O3.ClH/c1-2-9-20-10-11-21-16(24)12-22-18(25)17-14-5-3-4-6-15(14)19(26)23(17)13-7-8-13;/h3-6,13,17,20H,2,7-12H2,1H3,(H,21,24)(H,22,25);1H. The van der Waals surface area contributed by atoms with Gasteiger partial charge in [-0.15, -0.1) is 12.4 Å². The molecule has 1 aromatic carbocycles. The summed E-state index contributed by atoms with van der Waals surface area (Å²) in [7, 11) is 0. The van der Waals surface area contributed by atoms with Crippen LogP contribution in [0.5, 0.6) is 0 Å². The predicted octanol–water partition coefficient (Wildman–Crippen LogP) is 1.000. The van der Waals surface area contributed by atoms with Crippen LogP contribution in [0.3, 0.4) is 0 Å². The van der Waals surface area contributed by atoms with Crippen molar-refractivity contribution in [2.75, 3.05) is 26.2 Å². The van der Waals surface area contributed by atoms with E-state index in [1.54, 1.807) is 11.0 Å². The highest BCUT2D eigenvalue weighted by atomic mass is 35.5.